The van der Waals surface area contributed by atoms with Crippen molar-refractivity contribution in [2.75, 3.05) is 31.3 Å². The van der Waals surface area contributed by atoms with Crippen molar-refractivity contribution in [3.8, 4) is 0 Å². The van der Waals surface area contributed by atoms with E-state index < -0.39 is 44.3 Å². The van der Waals surface area contributed by atoms with Crippen LogP contribution in [0.3, 0.4) is 0 Å². The number of nitrogens with one attached hydrogen (secondary N) is 1. The van der Waals surface area contributed by atoms with E-state index in [-0.39, 0.29) is 44.9 Å². The summed E-state index contributed by atoms with van der Waals surface area (Å²) in [5.41, 5.74) is 1.40. The van der Waals surface area contributed by atoms with Gasteiger partial charge in [-0.25, -0.2) is 9.46 Å². The first kappa shape index (κ1) is 31.8. The third kappa shape index (κ3) is 11.5. The molecule has 1 aliphatic heterocycles. The summed E-state index contributed by atoms with van der Waals surface area (Å²) in [6, 6.07) is 6.89. The van der Waals surface area contributed by atoms with Crippen molar-refractivity contribution in [3.05, 3.63) is 42.0 Å². The van der Waals surface area contributed by atoms with E-state index in [2.05, 4.69) is 5.32 Å². The fraction of sp³-hybridized carbons (Fsp3) is 0.480. The molecule has 0 fully saturated rings. The molecule has 0 radical (unpaired) electrons. The number of esters is 2. The third-order valence-electron chi connectivity index (χ3n) is 5.28. The van der Waals surface area contributed by atoms with Crippen LogP contribution in [-0.4, -0.2) is 67.0 Å². The van der Waals surface area contributed by atoms with Crippen LogP contribution in [0.15, 0.2) is 36.4 Å². The summed E-state index contributed by atoms with van der Waals surface area (Å²) < 4.78 is 31.7. The Balaban J connectivity index is 1.65. The number of hydrogen-bond donors (Lipinski definition) is 2. The van der Waals surface area contributed by atoms with Crippen LogP contribution in [0.25, 0.3) is 0 Å². The SMILES string of the molecule is CCC(=O)OCC(COP(=O)(O)OCCNC(=O)CCCc1ccc(N2C(=O)C=CC2=O)cc1)OC(=O)CC. The quantitative estimate of drug-likeness (QED) is 0.122. The molecule has 0 bridgehead atoms. The van der Waals surface area contributed by atoms with Crippen LogP contribution >= 0.6 is 7.82 Å². The van der Waals surface area contributed by atoms with E-state index in [1.807, 2.05) is 0 Å². The number of ether oxygens (including phenoxy) is 2. The standard InChI is InChI=1S/C25H33N2O11P/c1-3-24(31)35-16-20(38-25(32)4-2)17-37-39(33,34)36-15-14-26-21(28)7-5-6-18-8-10-19(11-9-18)27-22(29)12-13-23(27)30/h8-13,20H,3-7,14-17H2,1-2H3,(H,26,28)(H,33,34). The van der Waals surface area contributed by atoms with Gasteiger partial charge in [0, 0.05) is 38.0 Å². The topological polar surface area (TPSA) is 175 Å². The number of hydrogen-bond acceptors (Lipinski definition) is 10. The van der Waals surface area contributed by atoms with Gasteiger partial charge in [-0.1, -0.05) is 26.0 Å². The van der Waals surface area contributed by atoms with Gasteiger partial charge < -0.3 is 19.7 Å². The molecular formula is C25H33N2O11P. The van der Waals surface area contributed by atoms with Gasteiger partial charge in [0.2, 0.25) is 5.91 Å². The molecule has 1 aromatic carbocycles. The maximum absolute atomic E-state index is 12.1. The Morgan fingerprint density at radius 1 is 0.974 bits per heavy atom. The second kappa shape index (κ2) is 15.9. The van der Waals surface area contributed by atoms with Crippen molar-refractivity contribution in [2.45, 2.75) is 52.1 Å². The molecule has 13 nitrogen and oxygen atoms in total. The van der Waals surface area contributed by atoms with Crippen molar-refractivity contribution in [1.29, 1.82) is 0 Å². The van der Waals surface area contributed by atoms with Gasteiger partial charge in [0.1, 0.15) is 6.61 Å². The number of benzene rings is 1. The van der Waals surface area contributed by atoms with Gasteiger partial charge >= 0.3 is 19.8 Å². The minimum atomic E-state index is -4.53. The highest BCUT2D eigenvalue weighted by atomic mass is 31.2. The zero-order valence-electron chi connectivity index (χ0n) is 21.8. The molecule has 1 aromatic rings. The summed E-state index contributed by atoms with van der Waals surface area (Å²) in [6.07, 6.45) is 2.81. The highest BCUT2D eigenvalue weighted by molar-refractivity contribution is 7.47. The van der Waals surface area contributed by atoms with Crippen LogP contribution in [-0.2, 0) is 53.5 Å². The summed E-state index contributed by atoms with van der Waals surface area (Å²) in [5, 5.41) is 2.57. The summed E-state index contributed by atoms with van der Waals surface area (Å²) in [5.74, 6) is -2.21. The Kier molecular flexibility index (Phi) is 13.0. The van der Waals surface area contributed by atoms with E-state index in [1.165, 1.54) is 12.2 Å². The molecule has 14 heteroatoms. The fourth-order valence-electron chi connectivity index (χ4n) is 3.25. The first-order valence-corrected chi connectivity index (χ1v) is 13.9. The van der Waals surface area contributed by atoms with Crippen LogP contribution in [0.2, 0.25) is 0 Å². The Hall–Kier alpha value is -3.38. The molecule has 3 amide bonds. The van der Waals surface area contributed by atoms with Gasteiger partial charge in [-0.2, -0.15) is 0 Å². The van der Waals surface area contributed by atoms with Crippen molar-refractivity contribution >= 4 is 43.2 Å². The number of amides is 3. The molecule has 2 rings (SSSR count). The predicted molar refractivity (Wildman–Crippen MR) is 137 cm³/mol. The van der Waals surface area contributed by atoms with Crippen LogP contribution in [0.1, 0.15) is 45.1 Å². The average molecular weight is 569 g/mol. The maximum atomic E-state index is 12.1. The van der Waals surface area contributed by atoms with Gasteiger partial charge in [0.05, 0.1) is 18.9 Å². The lowest BCUT2D eigenvalue weighted by Crippen LogP contribution is -2.29. The van der Waals surface area contributed by atoms with Crippen molar-refractivity contribution in [1.82, 2.24) is 5.32 Å². The Morgan fingerprint density at radius 2 is 1.62 bits per heavy atom. The number of imide groups is 1. The fourth-order valence-corrected chi connectivity index (χ4v) is 4.00. The normalized spacial score (nSPS) is 15.1. The summed E-state index contributed by atoms with van der Waals surface area (Å²) in [4.78, 5) is 69.3. The Labute approximate surface area is 226 Å². The molecule has 0 spiro atoms. The third-order valence-corrected chi connectivity index (χ3v) is 6.27. The molecule has 2 N–H and O–H groups in total. The van der Waals surface area contributed by atoms with Crippen LogP contribution in [0, 0.1) is 0 Å². The minimum Gasteiger partial charge on any atom is -0.462 e. The molecule has 0 aliphatic carbocycles. The number of aryl methyl sites for hydroxylation is 1. The molecule has 0 saturated carbocycles. The number of nitrogens with zero attached hydrogens (tertiary/aromatic N) is 1. The zero-order chi connectivity index (χ0) is 28.8. The Morgan fingerprint density at radius 3 is 2.23 bits per heavy atom. The zero-order valence-corrected chi connectivity index (χ0v) is 22.7. The maximum Gasteiger partial charge on any atom is 0.472 e. The average Bonchev–Trinajstić information content (AvgIpc) is 3.25. The number of phosphoric ester groups is 1. The van der Waals surface area contributed by atoms with Gasteiger partial charge in [0.25, 0.3) is 11.8 Å². The van der Waals surface area contributed by atoms with E-state index >= 15 is 0 Å². The molecule has 1 heterocycles. The van der Waals surface area contributed by atoms with Crippen molar-refractivity contribution < 1.29 is 52.0 Å². The lowest BCUT2D eigenvalue weighted by atomic mass is 10.1. The molecule has 0 aromatic heterocycles. The molecule has 2 unspecified atom stereocenters. The number of rotatable bonds is 17. The van der Waals surface area contributed by atoms with E-state index in [0.717, 1.165) is 10.5 Å². The second-order valence-corrected chi connectivity index (χ2v) is 9.77. The smallest absolute Gasteiger partial charge is 0.462 e. The van der Waals surface area contributed by atoms with E-state index in [4.69, 9.17) is 18.5 Å². The number of carbonyl (C=O) groups excluding carboxylic acids is 5. The highest BCUT2D eigenvalue weighted by Crippen LogP contribution is 2.43. The minimum absolute atomic E-state index is 0.0459. The summed E-state index contributed by atoms with van der Waals surface area (Å²) >= 11 is 0. The van der Waals surface area contributed by atoms with E-state index in [0.29, 0.717) is 18.5 Å². The lowest BCUT2D eigenvalue weighted by Gasteiger charge is -2.19. The molecule has 2 atom stereocenters. The largest absolute Gasteiger partial charge is 0.472 e. The van der Waals surface area contributed by atoms with E-state index in [1.54, 1.807) is 38.1 Å². The van der Waals surface area contributed by atoms with Crippen molar-refractivity contribution in [2.24, 2.45) is 0 Å². The first-order valence-electron chi connectivity index (χ1n) is 12.4. The summed E-state index contributed by atoms with van der Waals surface area (Å²) in [6.45, 7) is 1.91. The lowest BCUT2D eigenvalue weighted by molar-refractivity contribution is -0.160. The molecule has 39 heavy (non-hydrogen) atoms. The molecule has 0 saturated heterocycles. The molecular weight excluding hydrogens is 535 g/mol. The van der Waals surface area contributed by atoms with Crippen LogP contribution in [0.4, 0.5) is 5.69 Å². The monoisotopic (exact) mass is 568 g/mol. The first-order chi connectivity index (χ1) is 18.5. The van der Waals surface area contributed by atoms with Gasteiger partial charge in [-0.15, -0.1) is 0 Å². The van der Waals surface area contributed by atoms with Crippen molar-refractivity contribution in [3.63, 3.8) is 0 Å². The number of anilines is 1. The summed E-state index contributed by atoms with van der Waals surface area (Å²) in [7, 11) is -4.53. The predicted octanol–water partition coefficient (Wildman–Crippen LogP) is 1.96. The van der Waals surface area contributed by atoms with Gasteiger partial charge in [-0.05, 0) is 30.5 Å². The van der Waals surface area contributed by atoms with Gasteiger partial charge in [0.15, 0.2) is 6.10 Å². The van der Waals surface area contributed by atoms with Crippen LogP contribution in [0.5, 0.6) is 0 Å². The number of carbonyl (C=O) groups is 5. The second-order valence-electron chi connectivity index (χ2n) is 8.31. The highest BCUT2D eigenvalue weighted by Gasteiger charge is 2.26. The molecule has 214 valence electrons. The van der Waals surface area contributed by atoms with Gasteiger partial charge in [-0.3, -0.25) is 33.0 Å². The van der Waals surface area contributed by atoms with Crippen LogP contribution < -0.4 is 10.2 Å². The van der Waals surface area contributed by atoms with E-state index in [9.17, 15) is 33.4 Å². The molecule has 1 aliphatic rings. The Bertz CT molecular complexity index is 1090. The number of phosphoric acid groups is 1.